The fraction of sp³-hybridized carbons (Fsp3) is 0.500. The number of fused-ring (bicyclic) bond motifs is 1. The maximum Gasteiger partial charge on any atom is 0.259 e. The van der Waals surface area contributed by atoms with Gasteiger partial charge >= 0.3 is 0 Å². The van der Waals surface area contributed by atoms with Gasteiger partial charge in [-0.2, -0.15) is 0 Å². The molecule has 0 N–H and O–H groups in total. The van der Waals surface area contributed by atoms with Crippen molar-refractivity contribution in [2.24, 2.45) is 0 Å². The van der Waals surface area contributed by atoms with Gasteiger partial charge in [0.1, 0.15) is 18.0 Å². The molecular weight excluding hydrogens is 310 g/mol. The van der Waals surface area contributed by atoms with Gasteiger partial charge in [0.25, 0.3) is 5.91 Å². The molecular formula is C16H21N5O3. The Labute approximate surface area is 140 Å². The number of aromatic nitrogens is 4. The van der Waals surface area contributed by atoms with Crippen molar-refractivity contribution in [2.75, 3.05) is 20.8 Å². The lowest BCUT2D eigenvalue weighted by molar-refractivity contribution is 0.0690. The maximum atomic E-state index is 13.0. The van der Waals surface area contributed by atoms with Gasteiger partial charge < -0.3 is 18.9 Å². The number of hydrogen-bond acceptors (Lipinski definition) is 6. The number of hydrogen-bond donors (Lipinski definition) is 0. The summed E-state index contributed by atoms with van der Waals surface area (Å²) >= 11 is 0. The minimum Gasteiger partial charge on any atom is -0.480 e. The quantitative estimate of drug-likeness (QED) is 0.828. The van der Waals surface area contributed by atoms with Crippen LogP contribution >= 0.6 is 0 Å². The van der Waals surface area contributed by atoms with E-state index in [0.29, 0.717) is 37.6 Å². The van der Waals surface area contributed by atoms with Gasteiger partial charge in [-0.1, -0.05) is 0 Å². The minimum atomic E-state index is -0.0838. The van der Waals surface area contributed by atoms with Crippen molar-refractivity contribution in [1.29, 1.82) is 0 Å². The third kappa shape index (κ3) is 2.96. The van der Waals surface area contributed by atoms with Crippen LogP contribution in [0.2, 0.25) is 0 Å². The molecule has 0 bridgehead atoms. The zero-order valence-electron chi connectivity index (χ0n) is 14.1. The molecule has 2 aromatic rings. The third-order valence-corrected chi connectivity index (χ3v) is 4.21. The second-order valence-corrected chi connectivity index (χ2v) is 5.73. The summed E-state index contributed by atoms with van der Waals surface area (Å²) in [6, 6.07) is 3.48. The van der Waals surface area contributed by atoms with Crippen LogP contribution in [0.5, 0.6) is 5.88 Å². The second kappa shape index (κ2) is 6.96. The number of methoxy groups -OCH3 is 2. The molecule has 8 nitrogen and oxygen atoms in total. The van der Waals surface area contributed by atoms with E-state index in [-0.39, 0.29) is 11.9 Å². The maximum absolute atomic E-state index is 13.0. The topological polar surface area (TPSA) is 82.4 Å². The molecule has 0 radical (unpaired) electrons. The number of rotatable bonds is 4. The summed E-state index contributed by atoms with van der Waals surface area (Å²) in [5.74, 6) is 1.92. The first-order valence-corrected chi connectivity index (χ1v) is 7.85. The number of nitrogens with zero attached hydrogens (tertiary/aromatic N) is 5. The SMILES string of the molecule is COCc1nnc2n1CCN(C(=O)c1cccnc1OC)C(C)C2. The first kappa shape index (κ1) is 16.4. The second-order valence-electron chi connectivity index (χ2n) is 5.73. The van der Waals surface area contributed by atoms with Crippen LogP contribution in [0.4, 0.5) is 0 Å². The van der Waals surface area contributed by atoms with Crippen LogP contribution in [0.25, 0.3) is 0 Å². The molecule has 1 aliphatic heterocycles. The van der Waals surface area contributed by atoms with Crippen molar-refractivity contribution in [2.45, 2.75) is 32.5 Å². The van der Waals surface area contributed by atoms with Crippen molar-refractivity contribution in [3.63, 3.8) is 0 Å². The van der Waals surface area contributed by atoms with Gasteiger partial charge in [0.15, 0.2) is 5.82 Å². The van der Waals surface area contributed by atoms with E-state index in [1.54, 1.807) is 25.4 Å². The average Bonchev–Trinajstić information content (AvgIpc) is 2.88. The molecule has 1 atom stereocenters. The molecule has 1 amide bonds. The van der Waals surface area contributed by atoms with Crippen LogP contribution in [0.3, 0.4) is 0 Å². The average molecular weight is 331 g/mol. The van der Waals surface area contributed by atoms with Crippen molar-refractivity contribution in [3.05, 3.63) is 35.5 Å². The van der Waals surface area contributed by atoms with Gasteiger partial charge in [-0.3, -0.25) is 4.79 Å². The van der Waals surface area contributed by atoms with E-state index in [1.807, 2.05) is 16.4 Å². The van der Waals surface area contributed by atoms with Crippen molar-refractivity contribution in [3.8, 4) is 5.88 Å². The number of pyridine rings is 1. The van der Waals surface area contributed by atoms with Gasteiger partial charge in [0.05, 0.1) is 7.11 Å². The Balaban J connectivity index is 1.84. The lowest BCUT2D eigenvalue weighted by atomic mass is 10.1. The fourth-order valence-electron chi connectivity index (χ4n) is 2.99. The lowest BCUT2D eigenvalue weighted by Gasteiger charge is -2.27. The molecule has 0 aromatic carbocycles. The van der Waals surface area contributed by atoms with Crippen LogP contribution in [0.15, 0.2) is 18.3 Å². The first-order chi connectivity index (χ1) is 11.7. The van der Waals surface area contributed by atoms with Crippen LogP contribution in [0, 0.1) is 0 Å². The highest BCUT2D eigenvalue weighted by Crippen LogP contribution is 2.21. The Bertz CT molecular complexity index is 730. The summed E-state index contributed by atoms with van der Waals surface area (Å²) in [5, 5.41) is 8.42. The summed E-state index contributed by atoms with van der Waals surface area (Å²) in [6.07, 6.45) is 2.25. The van der Waals surface area contributed by atoms with Gasteiger partial charge in [0.2, 0.25) is 5.88 Å². The van der Waals surface area contributed by atoms with Crippen LogP contribution < -0.4 is 4.74 Å². The summed E-state index contributed by atoms with van der Waals surface area (Å²) in [5.41, 5.74) is 0.474. The van der Waals surface area contributed by atoms with Gasteiger partial charge in [0, 0.05) is 38.9 Å². The molecule has 3 heterocycles. The molecule has 0 aliphatic carbocycles. The number of ether oxygens (including phenoxy) is 2. The van der Waals surface area contributed by atoms with Crippen molar-refractivity contribution < 1.29 is 14.3 Å². The van der Waals surface area contributed by atoms with E-state index in [1.165, 1.54) is 7.11 Å². The number of carbonyl (C=O) groups excluding carboxylic acids is 1. The van der Waals surface area contributed by atoms with E-state index in [2.05, 4.69) is 15.2 Å². The largest absolute Gasteiger partial charge is 0.480 e. The zero-order chi connectivity index (χ0) is 17.1. The van der Waals surface area contributed by atoms with Crippen LogP contribution in [-0.2, 0) is 24.3 Å². The van der Waals surface area contributed by atoms with E-state index >= 15 is 0 Å². The Morgan fingerprint density at radius 1 is 1.33 bits per heavy atom. The predicted octanol–water partition coefficient (Wildman–Crippen LogP) is 0.915. The van der Waals surface area contributed by atoms with Crippen LogP contribution in [0.1, 0.15) is 28.9 Å². The molecule has 1 unspecified atom stereocenters. The Hall–Kier alpha value is -2.48. The lowest BCUT2D eigenvalue weighted by Crippen LogP contribution is -2.40. The van der Waals surface area contributed by atoms with E-state index < -0.39 is 0 Å². The number of carbonyl (C=O) groups is 1. The minimum absolute atomic E-state index is 0.00302. The Kier molecular flexibility index (Phi) is 4.75. The highest BCUT2D eigenvalue weighted by molar-refractivity contribution is 5.96. The normalized spacial score (nSPS) is 17.3. The summed E-state index contributed by atoms with van der Waals surface area (Å²) in [4.78, 5) is 18.9. The summed E-state index contributed by atoms with van der Waals surface area (Å²) in [6.45, 7) is 3.63. The smallest absolute Gasteiger partial charge is 0.259 e. The molecule has 128 valence electrons. The van der Waals surface area contributed by atoms with Gasteiger partial charge in [-0.15, -0.1) is 10.2 Å². The van der Waals surface area contributed by atoms with E-state index in [9.17, 15) is 4.79 Å². The van der Waals surface area contributed by atoms with E-state index in [0.717, 1.165) is 11.6 Å². The highest BCUT2D eigenvalue weighted by atomic mass is 16.5. The van der Waals surface area contributed by atoms with Crippen LogP contribution in [-0.4, -0.2) is 57.4 Å². The molecule has 0 spiro atoms. The first-order valence-electron chi connectivity index (χ1n) is 7.85. The predicted molar refractivity (Wildman–Crippen MR) is 85.7 cm³/mol. The van der Waals surface area contributed by atoms with E-state index in [4.69, 9.17) is 9.47 Å². The molecule has 1 aliphatic rings. The Morgan fingerprint density at radius 2 is 2.17 bits per heavy atom. The molecule has 24 heavy (non-hydrogen) atoms. The standard InChI is InChI=1S/C16H21N5O3/c1-11-9-13-18-19-14(10-23-2)21(13)8-7-20(11)16(22)12-5-4-6-17-15(12)24-3/h4-6,11H,7-10H2,1-3H3. The molecule has 0 saturated heterocycles. The zero-order valence-corrected chi connectivity index (χ0v) is 14.1. The number of amides is 1. The van der Waals surface area contributed by atoms with Crippen molar-refractivity contribution >= 4 is 5.91 Å². The molecule has 2 aromatic heterocycles. The van der Waals surface area contributed by atoms with Gasteiger partial charge in [-0.05, 0) is 19.1 Å². The highest BCUT2D eigenvalue weighted by Gasteiger charge is 2.29. The molecule has 0 saturated carbocycles. The summed E-state index contributed by atoms with van der Waals surface area (Å²) < 4.78 is 12.4. The third-order valence-electron chi connectivity index (χ3n) is 4.21. The summed E-state index contributed by atoms with van der Waals surface area (Å²) in [7, 11) is 3.15. The molecule has 0 fully saturated rings. The molecule has 3 rings (SSSR count). The van der Waals surface area contributed by atoms with Gasteiger partial charge in [-0.25, -0.2) is 4.98 Å². The molecule has 8 heteroatoms. The Morgan fingerprint density at radius 3 is 2.92 bits per heavy atom. The monoisotopic (exact) mass is 331 g/mol. The fourth-order valence-corrected chi connectivity index (χ4v) is 2.99. The van der Waals surface area contributed by atoms with Crippen molar-refractivity contribution in [1.82, 2.24) is 24.6 Å².